The summed E-state index contributed by atoms with van der Waals surface area (Å²) in [4.78, 5) is -0.526. The van der Waals surface area contributed by atoms with Crippen molar-refractivity contribution in [1.82, 2.24) is 0 Å². The standard InChI is InChI=1S/C11H22OS/c1-9(2)11(3,12)13-10-7-5-4-6-8-10/h9-10,12H,4-8H2,1-3H3. The second-order valence-electron chi connectivity index (χ2n) is 4.59. The summed E-state index contributed by atoms with van der Waals surface area (Å²) in [5.41, 5.74) is 0. The molecule has 0 bridgehead atoms. The van der Waals surface area contributed by atoms with Crippen molar-refractivity contribution >= 4 is 11.8 Å². The smallest absolute Gasteiger partial charge is 0.110 e. The maximum atomic E-state index is 10.1. The van der Waals surface area contributed by atoms with Crippen molar-refractivity contribution in [3.63, 3.8) is 0 Å². The molecule has 0 aromatic rings. The molecule has 0 saturated heterocycles. The molecule has 1 aliphatic rings. The van der Waals surface area contributed by atoms with Crippen LogP contribution in [0, 0.1) is 5.92 Å². The highest BCUT2D eigenvalue weighted by molar-refractivity contribution is 8.01. The third kappa shape index (κ3) is 3.51. The molecule has 1 nitrogen and oxygen atoms in total. The van der Waals surface area contributed by atoms with E-state index in [1.54, 1.807) is 11.8 Å². The number of thioether (sulfide) groups is 1. The number of hydrogen-bond acceptors (Lipinski definition) is 2. The summed E-state index contributed by atoms with van der Waals surface area (Å²) in [6.45, 7) is 6.14. The van der Waals surface area contributed by atoms with E-state index < -0.39 is 4.93 Å². The minimum absolute atomic E-state index is 0.347. The van der Waals surface area contributed by atoms with E-state index in [4.69, 9.17) is 0 Å². The van der Waals surface area contributed by atoms with Crippen molar-refractivity contribution in [2.45, 2.75) is 63.1 Å². The summed E-state index contributed by atoms with van der Waals surface area (Å²) in [5, 5.41) is 10.8. The van der Waals surface area contributed by atoms with Gasteiger partial charge in [0.2, 0.25) is 0 Å². The zero-order valence-corrected chi connectivity index (χ0v) is 9.86. The summed E-state index contributed by atoms with van der Waals surface area (Å²) < 4.78 is 0. The lowest BCUT2D eigenvalue weighted by Gasteiger charge is -2.33. The third-order valence-electron chi connectivity index (χ3n) is 3.03. The summed E-state index contributed by atoms with van der Waals surface area (Å²) in [6, 6.07) is 0. The fourth-order valence-corrected chi connectivity index (χ4v) is 3.17. The molecule has 0 amide bonds. The van der Waals surface area contributed by atoms with Crippen LogP contribution in [0.25, 0.3) is 0 Å². The molecule has 0 aliphatic heterocycles. The van der Waals surface area contributed by atoms with Crippen LogP contribution in [0.2, 0.25) is 0 Å². The Hall–Kier alpha value is 0.310. The van der Waals surface area contributed by atoms with Gasteiger partial charge in [-0.3, -0.25) is 0 Å². The SMILES string of the molecule is CC(C)C(C)(O)SC1CCCCC1. The molecule has 1 rings (SSSR count). The largest absolute Gasteiger partial charge is 0.380 e. The summed E-state index contributed by atoms with van der Waals surface area (Å²) >= 11 is 1.79. The topological polar surface area (TPSA) is 20.2 Å². The van der Waals surface area contributed by atoms with Gasteiger partial charge in [-0.2, -0.15) is 0 Å². The molecule has 0 aromatic carbocycles. The molecule has 1 unspecified atom stereocenters. The molecule has 1 saturated carbocycles. The van der Waals surface area contributed by atoms with Crippen molar-refractivity contribution in [1.29, 1.82) is 0 Å². The highest BCUT2D eigenvalue weighted by Crippen LogP contribution is 2.39. The normalized spacial score (nSPS) is 24.7. The Morgan fingerprint density at radius 3 is 2.23 bits per heavy atom. The highest BCUT2D eigenvalue weighted by atomic mass is 32.2. The predicted molar refractivity (Wildman–Crippen MR) is 59.9 cm³/mol. The number of rotatable bonds is 3. The second-order valence-corrected chi connectivity index (χ2v) is 6.32. The zero-order chi connectivity index (χ0) is 9.90. The summed E-state index contributed by atoms with van der Waals surface area (Å²) in [7, 11) is 0. The van der Waals surface area contributed by atoms with Gasteiger partial charge in [0, 0.05) is 5.25 Å². The maximum absolute atomic E-state index is 10.1. The van der Waals surface area contributed by atoms with E-state index in [0.717, 1.165) is 0 Å². The molecule has 1 fully saturated rings. The maximum Gasteiger partial charge on any atom is 0.110 e. The van der Waals surface area contributed by atoms with E-state index in [1.165, 1.54) is 32.1 Å². The first kappa shape index (κ1) is 11.4. The van der Waals surface area contributed by atoms with E-state index in [9.17, 15) is 5.11 Å². The predicted octanol–water partition coefficient (Wildman–Crippen LogP) is 3.42. The van der Waals surface area contributed by atoms with Gasteiger partial charge in [-0.25, -0.2) is 0 Å². The Balaban J connectivity index is 2.37. The average Bonchev–Trinajstić information content (AvgIpc) is 2.05. The highest BCUT2D eigenvalue weighted by Gasteiger charge is 2.29. The van der Waals surface area contributed by atoms with Gasteiger partial charge in [0.15, 0.2) is 0 Å². The molecule has 1 aliphatic carbocycles. The Morgan fingerprint density at radius 2 is 1.77 bits per heavy atom. The molecule has 0 aromatic heterocycles. The Morgan fingerprint density at radius 1 is 1.23 bits per heavy atom. The van der Waals surface area contributed by atoms with Crippen molar-refractivity contribution in [3.05, 3.63) is 0 Å². The average molecular weight is 202 g/mol. The molecule has 78 valence electrons. The lowest BCUT2D eigenvalue weighted by molar-refractivity contribution is 0.106. The monoisotopic (exact) mass is 202 g/mol. The van der Waals surface area contributed by atoms with Crippen molar-refractivity contribution in [2.24, 2.45) is 5.92 Å². The van der Waals surface area contributed by atoms with Gasteiger partial charge in [0.1, 0.15) is 4.93 Å². The summed E-state index contributed by atoms with van der Waals surface area (Å²) in [5.74, 6) is 0.347. The van der Waals surface area contributed by atoms with Crippen molar-refractivity contribution in [2.75, 3.05) is 0 Å². The fraction of sp³-hybridized carbons (Fsp3) is 1.00. The molecule has 1 atom stereocenters. The minimum atomic E-state index is -0.526. The van der Waals surface area contributed by atoms with Crippen LogP contribution < -0.4 is 0 Å². The van der Waals surface area contributed by atoms with Gasteiger partial charge in [-0.05, 0) is 25.7 Å². The van der Waals surface area contributed by atoms with E-state index in [2.05, 4.69) is 13.8 Å². The molecular weight excluding hydrogens is 180 g/mol. The Kier molecular flexibility index (Phi) is 4.11. The Labute approximate surface area is 86.3 Å². The van der Waals surface area contributed by atoms with E-state index >= 15 is 0 Å². The number of aliphatic hydroxyl groups is 1. The first-order valence-electron chi connectivity index (χ1n) is 5.42. The first-order valence-corrected chi connectivity index (χ1v) is 6.30. The van der Waals surface area contributed by atoms with Crippen molar-refractivity contribution in [3.8, 4) is 0 Å². The molecule has 2 heteroatoms. The van der Waals surface area contributed by atoms with Crippen LogP contribution in [-0.4, -0.2) is 15.3 Å². The van der Waals surface area contributed by atoms with Crippen LogP contribution in [0.4, 0.5) is 0 Å². The van der Waals surface area contributed by atoms with Gasteiger partial charge in [-0.15, -0.1) is 11.8 Å². The minimum Gasteiger partial charge on any atom is -0.380 e. The molecule has 0 spiro atoms. The Bertz CT molecular complexity index is 148. The van der Waals surface area contributed by atoms with Crippen molar-refractivity contribution < 1.29 is 5.11 Å². The molecule has 13 heavy (non-hydrogen) atoms. The fourth-order valence-electron chi connectivity index (χ4n) is 1.66. The zero-order valence-electron chi connectivity index (χ0n) is 9.05. The third-order valence-corrected chi connectivity index (χ3v) is 4.78. The van der Waals surface area contributed by atoms with Gasteiger partial charge in [0.05, 0.1) is 0 Å². The lowest BCUT2D eigenvalue weighted by Crippen LogP contribution is -2.30. The van der Waals surface area contributed by atoms with Crippen LogP contribution in [0.1, 0.15) is 52.9 Å². The number of hydrogen-bond donors (Lipinski definition) is 1. The molecule has 0 heterocycles. The first-order chi connectivity index (χ1) is 6.02. The summed E-state index contributed by atoms with van der Waals surface area (Å²) in [6.07, 6.45) is 6.69. The van der Waals surface area contributed by atoms with Crippen LogP contribution in [0.15, 0.2) is 0 Å². The van der Waals surface area contributed by atoms with E-state index in [0.29, 0.717) is 11.2 Å². The van der Waals surface area contributed by atoms with E-state index in [1.807, 2.05) is 6.92 Å². The van der Waals surface area contributed by atoms with Crippen LogP contribution in [0.5, 0.6) is 0 Å². The second kappa shape index (κ2) is 4.70. The van der Waals surface area contributed by atoms with Gasteiger partial charge < -0.3 is 5.11 Å². The van der Waals surface area contributed by atoms with Crippen LogP contribution in [0.3, 0.4) is 0 Å². The molecule has 0 radical (unpaired) electrons. The molecular formula is C11H22OS. The van der Waals surface area contributed by atoms with Crippen LogP contribution >= 0.6 is 11.8 Å². The lowest BCUT2D eigenvalue weighted by atomic mass is 10.0. The molecule has 1 N–H and O–H groups in total. The van der Waals surface area contributed by atoms with E-state index in [-0.39, 0.29) is 0 Å². The van der Waals surface area contributed by atoms with Crippen LogP contribution in [-0.2, 0) is 0 Å². The quantitative estimate of drug-likeness (QED) is 0.708. The van der Waals surface area contributed by atoms with Gasteiger partial charge >= 0.3 is 0 Å². The van der Waals surface area contributed by atoms with Gasteiger partial charge in [-0.1, -0.05) is 33.1 Å². The van der Waals surface area contributed by atoms with Gasteiger partial charge in [0.25, 0.3) is 0 Å².